The number of carbonyl (C=O) groups is 2. The van der Waals surface area contributed by atoms with E-state index in [1.165, 1.54) is 0 Å². The molecule has 1 atom stereocenters. The first-order valence-electron chi connectivity index (χ1n) is 11.4. The zero-order chi connectivity index (χ0) is 24.3. The Morgan fingerprint density at radius 3 is 2.03 bits per heavy atom. The van der Waals surface area contributed by atoms with Crippen LogP contribution in [-0.2, 0) is 22.7 Å². The lowest BCUT2D eigenvalue weighted by Crippen LogP contribution is -2.45. The van der Waals surface area contributed by atoms with Crippen LogP contribution in [0.4, 0.5) is 0 Å². The summed E-state index contributed by atoms with van der Waals surface area (Å²) in [6.45, 7) is 0.413. The number of amides is 2. The molecule has 0 bridgehead atoms. The molecular weight excluding hydrogens is 438 g/mol. The van der Waals surface area contributed by atoms with E-state index in [1.54, 1.807) is 29.4 Å². The van der Waals surface area contributed by atoms with Crippen LogP contribution in [0.1, 0.15) is 22.7 Å². The fraction of sp³-hybridized carbons (Fsp3) is 0.138. The molecule has 4 aromatic rings. The first-order valence-corrected chi connectivity index (χ1v) is 11.4. The maximum absolute atomic E-state index is 13.6. The van der Waals surface area contributed by atoms with E-state index in [0.29, 0.717) is 12.3 Å². The summed E-state index contributed by atoms with van der Waals surface area (Å²) in [7, 11) is 0. The van der Waals surface area contributed by atoms with E-state index in [1.807, 2.05) is 91.0 Å². The van der Waals surface area contributed by atoms with Crippen LogP contribution in [-0.4, -0.2) is 28.3 Å². The van der Waals surface area contributed by atoms with Gasteiger partial charge in [-0.05, 0) is 41.0 Å². The van der Waals surface area contributed by atoms with Crippen molar-refractivity contribution in [1.82, 2.24) is 15.2 Å². The number of carbonyl (C=O) groups excluding carboxylic acids is 2. The predicted octanol–water partition coefficient (Wildman–Crippen LogP) is 4.55. The number of nitrogens with zero attached hydrogens (tertiary/aromatic N) is 2. The van der Waals surface area contributed by atoms with Gasteiger partial charge >= 0.3 is 0 Å². The average Bonchev–Trinajstić information content (AvgIpc) is 2.92. The number of nitrogens with one attached hydrogen (secondary N) is 1. The van der Waals surface area contributed by atoms with Gasteiger partial charge in [0.25, 0.3) is 5.91 Å². The van der Waals surface area contributed by atoms with Crippen molar-refractivity contribution in [2.45, 2.75) is 19.1 Å². The molecule has 1 N–H and O–H groups in total. The van der Waals surface area contributed by atoms with E-state index in [2.05, 4.69) is 10.3 Å². The lowest BCUT2D eigenvalue weighted by molar-refractivity contribution is -0.143. The Balaban J connectivity index is 1.61. The van der Waals surface area contributed by atoms with Crippen LogP contribution in [0.2, 0.25) is 0 Å². The Labute approximate surface area is 205 Å². The molecule has 0 fully saturated rings. The van der Waals surface area contributed by atoms with E-state index in [4.69, 9.17) is 4.74 Å². The predicted molar refractivity (Wildman–Crippen MR) is 134 cm³/mol. The Kier molecular flexibility index (Phi) is 8.22. The third-order valence-electron chi connectivity index (χ3n) is 5.51. The maximum atomic E-state index is 13.6. The molecule has 176 valence electrons. The number of aromatic nitrogens is 1. The van der Waals surface area contributed by atoms with Crippen molar-refractivity contribution >= 4 is 11.8 Å². The third kappa shape index (κ3) is 6.77. The van der Waals surface area contributed by atoms with Gasteiger partial charge in [-0.25, -0.2) is 0 Å². The summed E-state index contributed by atoms with van der Waals surface area (Å²) < 4.78 is 5.75. The highest BCUT2D eigenvalue weighted by Gasteiger charge is 2.31. The van der Waals surface area contributed by atoms with Crippen LogP contribution in [0, 0.1) is 0 Å². The van der Waals surface area contributed by atoms with Gasteiger partial charge < -0.3 is 15.0 Å². The number of ether oxygens (including phenoxy) is 1. The second kappa shape index (κ2) is 12.1. The second-order valence-electron chi connectivity index (χ2n) is 8.00. The molecule has 0 spiro atoms. The third-order valence-corrected chi connectivity index (χ3v) is 5.51. The molecule has 0 aliphatic carbocycles. The molecule has 0 radical (unpaired) electrons. The van der Waals surface area contributed by atoms with Gasteiger partial charge in [0.05, 0.1) is 0 Å². The van der Waals surface area contributed by atoms with Gasteiger partial charge in [-0.2, -0.15) is 0 Å². The summed E-state index contributed by atoms with van der Waals surface area (Å²) in [5.41, 5.74) is 2.57. The molecular formula is C29H27N3O3. The molecule has 0 aliphatic rings. The summed E-state index contributed by atoms with van der Waals surface area (Å²) in [4.78, 5) is 32.7. The molecule has 6 nitrogen and oxygen atoms in total. The number of para-hydroxylation sites is 1. The Hall–Kier alpha value is -4.45. The SMILES string of the molecule is O=C(NCc1ccncc1)[C@H](c1ccccc1)N(Cc1ccccc1)C(=O)COc1ccccc1. The summed E-state index contributed by atoms with van der Waals surface area (Å²) >= 11 is 0. The number of hydrogen-bond acceptors (Lipinski definition) is 4. The minimum atomic E-state index is -0.829. The van der Waals surface area contributed by atoms with Crippen molar-refractivity contribution in [3.63, 3.8) is 0 Å². The van der Waals surface area contributed by atoms with Crippen LogP contribution in [0.25, 0.3) is 0 Å². The topological polar surface area (TPSA) is 71.5 Å². The first-order chi connectivity index (χ1) is 17.2. The lowest BCUT2D eigenvalue weighted by Gasteiger charge is -2.31. The monoisotopic (exact) mass is 465 g/mol. The van der Waals surface area contributed by atoms with Crippen molar-refractivity contribution in [1.29, 1.82) is 0 Å². The van der Waals surface area contributed by atoms with Crippen molar-refractivity contribution in [3.8, 4) is 5.75 Å². The molecule has 0 saturated heterocycles. The normalized spacial score (nSPS) is 11.3. The van der Waals surface area contributed by atoms with E-state index in [0.717, 1.165) is 16.7 Å². The van der Waals surface area contributed by atoms with Gasteiger partial charge in [0, 0.05) is 25.5 Å². The molecule has 0 aliphatic heterocycles. The standard InChI is InChI=1S/C29H27N3O3/c33-27(22-35-26-14-8-3-9-15-26)32(21-24-10-4-1-5-11-24)28(25-12-6-2-7-13-25)29(34)31-20-23-16-18-30-19-17-23/h1-19,28H,20-22H2,(H,31,34)/t28-/m0/s1. The Morgan fingerprint density at radius 2 is 1.37 bits per heavy atom. The zero-order valence-corrected chi connectivity index (χ0v) is 19.3. The van der Waals surface area contributed by atoms with E-state index in [-0.39, 0.29) is 25.0 Å². The van der Waals surface area contributed by atoms with Gasteiger partial charge in [-0.15, -0.1) is 0 Å². The fourth-order valence-corrected chi connectivity index (χ4v) is 3.74. The highest BCUT2D eigenvalue weighted by Crippen LogP contribution is 2.24. The van der Waals surface area contributed by atoms with Crippen LogP contribution >= 0.6 is 0 Å². The van der Waals surface area contributed by atoms with Crippen LogP contribution in [0.5, 0.6) is 5.75 Å². The lowest BCUT2D eigenvalue weighted by atomic mass is 10.0. The van der Waals surface area contributed by atoms with E-state index >= 15 is 0 Å². The van der Waals surface area contributed by atoms with Crippen molar-refractivity contribution < 1.29 is 14.3 Å². The molecule has 2 amide bonds. The molecule has 6 heteroatoms. The zero-order valence-electron chi connectivity index (χ0n) is 19.3. The molecule has 35 heavy (non-hydrogen) atoms. The number of hydrogen-bond donors (Lipinski definition) is 1. The molecule has 4 rings (SSSR count). The molecule has 0 unspecified atom stereocenters. The summed E-state index contributed by atoms with van der Waals surface area (Å²) in [6.07, 6.45) is 3.37. The van der Waals surface area contributed by atoms with E-state index < -0.39 is 6.04 Å². The average molecular weight is 466 g/mol. The molecule has 3 aromatic carbocycles. The van der Waals surface area contributed by atoms with E-state index in [9.17, 15) is 9.59 Å². The second-order valence-corrected chi connectivity index (χ2v) is 8.00. The first kappa shape index (κ1) is 23.7. The summed E-state index contributed by atoms with van der Waals surface area (Å²) in [5, 5.41) is 2.99. The summed E-state index contributed by atoms with van der Waals surface area (Å²) in [6, 6.07) is 31.0. The number of benzene rings is 3. The van der Waals surface area contributed by atoms with Gasteiger partial charge in [-0.1, -0.05) is 78.9 Å². The molecule has 1 heterocycles. The highest BCUT2D eigenvalue weighted by atomic mass is 16.5. The summed E-state index contributed by atoms with van der Waals surface area (Å²) in [5.74, 6) is 0.0431. The number of rotatable bonds is 10. The van der Waals surface area contributed by atoms with Gasteiger partial charge in [-0.3, -0.25) is 14.6 Å². The smallest absolute Gasteiger partial charge is 0.261 e. The fourth-order valence-electron chi connectivity index (χ4n) is 3.74. The van der Waals surface area contributed by atoms with Gasteiger partial charge in [0.2, 0.25) is 5.91 Å². The largest absolute Gasteiger partial charge is 0.484 e. The van der Waals surface area contributed by atoms with Gasteiger partial charge in [0.15, 0.2) is 6.61 Å². The Morgan fingerprint density at radius 1 is 0.771 bits per heavy atom. The molecule has 0 saturated carbocycles. The van der Waals surface area contributed by atoms with Crippen molar-refractivity contribution in [2.24, 2.45) is 0 Å². The van der Waals surface area contributed by atoms with Crippen molar-refractivity contribution in [3.05, 3.63) is 132 Å². The minimum Gasteiger partial charge on any atom is -0.484 e. The van der Waals surface area contributed by atoms with Crippen molar-refractivity contribution in [2.75, 3.05) is 6.61 Å². The maximum Gasteiger partial charge on any atom is 0.261 e. The van der Waals surface area contributed by atoms with Crippen LogP contribution in [0.3, 0.4) is 0 Å². The van der Waals surface area contributed by atoms with Gasteiger partial charge in [0.1, 0.15) is 11.8 Å². The quantitative estimate of drug-likeness (QED) is 0.373. The number of pyridine rings is 1. The molecule has 1 aromatic heterocycles. The van der Waals surface area contributed by atoms with Crippen LogP contribution in [0.15, 0.2) is 116 Å². The Bertz CT molecular complexity index is 1200. The minimum absolute atomic E-state index is 0.183. The highest BCUT2D eigenvalue weighted by molar-refractivity contribution is 5.89. The van der Waals surface area contributed by atoms with Crippen LogP contribution < -0.4 is 10.1 Å².